The van der Waals surface area contributed by atoms with E-state index >= 15 is 0 Å². The largest absolute Gasteiger partial charge is 0.495 e. The van der Waals surface area contributed by atoms with Gasteiger partial charge < -0.3 is 10.5 Å². The average Bonchev–Trinajstić information content (AvgIpc) is 2.68. The van der Waals surface area contributed by atoms with E-state index in [1.165, 1.54) is 7.11 Å². The van der Waals surface area contributed by atoms with E-state index in [2.05, 4.69) is 4.98 Å². The Kier molecular flexibility index (Phi) is 3.28. The summed E-state index contributed by atoms with van der Waals surface area (Å²) in [6.07, 6.45) is 1.80. The minimum absolute atomic E-state index is 0.0828. The number of hydrogen-bond donors (Lipinski definition) is 1. The summed E-state index contributed by atoms with van der Waals surface area (Å²) >= 11 is 0. The summed E-state index contributed by atoms with van der Waals surface area (Å²) in [6.45, 7) is 0. The maximum absolute atomic E-state index is 13.1. The molecule has 0 spiro atoms. The van der Waals surface area contributed by atoms with Crippen molar-refractivity contribution in [2.75, 3.05) is 7.11 Å². The number of nitrogens with two attached hydrogens (primary N) is 1. The van der Waals surface area contributed by atoms with E-state index in [1.54, 1.807) is 18.3 Å². The minimum atomic E-state index is -2.58. The van der Waals surface area contributed by atoms with Crippen LogP contribution in [0.4, 0.5) is 8.78 Å². The van der Waals surface area contributed by atoms with Gasteiger partial charge in [-0.25, -0.2) is 8.78 Å². The molecule has 1 aliphatic rings. The highest BCUT2D eigenvalue weighted by atomic mass is 19.3. The molecular formula is C12H16F2N2O. The topological polar surface area (TPSA) is 48.1 Å². The first kappa shape index (κ1) is 12.2. The van der Waals surface area contributed by atoms with Crippen LogP contribution < -0.4 is 10.5 Å². The molecular weight excluding hydrogens is 226 g/mol. The minimum Gasteiger partial charge on any atom is -0.495 e. The van der Waals surface area contributed by atoms with Crippen molar-refractivity contribution in [1.82, 2.24) is 4.98 Å². The molecule has 0 saturated heterocycles. The van der Waals surface area contributed by atoms with E-state index in [4.69, 9.17) is 10.5 Å². The molecule has 0 aromatic carbocycles. The summed E-state index contributed by atoms with van der Waals surface area (Å²) in [5, 5.41) is 0. The average molecular weight is 242 g/mol. The first-order chi connectivity index (χ1) is 8.03. The molecule has 1 heterocycles. The van der Waals surface area contributed by atoms with Crippen LogP contribution in [0.25, 0.3) is 0 Å². The fourth-order valence-electron chi connectivity index (χ4n) is 2.34. The SMILES string of the molecule is COc1cccnc1C(N)C1CCC(F)(F)C1. The van der Waals surface area contributed by atoms with Crippen LogP contribution in [-0.4, -0.2) is 18.0 Å². The summed E-state index contributed by atoms with van der Waals surface area (Å²) < 4.78 is 31.4. The molecule has 2 unspecified atom stereocenters. The van der Waals surface area contributed by atoms with Gasteiger partial charge in [0.25, 0.3) is 0 Å². The summed E-state index contributed by atoms with van der Waals surface area (Å²) in [4.78, 5) is 4.15. The molecule has 1 aliphatic carbocycles. The number of alkyl halides is 2. The second-order valence-electron chi connectivity index (χ2n) is 4.48. The third-order valence-electron chi connectivity index (χ3n) is 3.28. The highest BCUT2D eigenvalue weighted by molar-refractivity contribution is 5.29. The Bertz CT molecular complexity index is 398. The molecule has 17 heavy (non-hydrogen) atoms. The van der Waals surface area contributed by atoms with Gasteiger partial charge in [0.05, 0.1) is 18.8 Å². The Morgan fingerprint density at radius 2 is 2.35 bits per heavy atom. The lowest BCUT2D eigenvalue weighted by Crippen LogP contribution is -2.22. The summed E-state index contributed by atoms with van der Waals surface area (Å²) in [5.41, 5.74) is 6.59. The molecule has 1 aromatic heterocycles. The lowest BCUT2D eigenvalue weighted by atomic mass is 9.95. The number of halogens is 2. The highest BCUT2D eigenvalue weighted by Crippen LogP contribution is 2.44. The Morgan fingerprint density at radius 1 is 1.59 bits per heavy atom. The second kappa shape index (κ2) is 4.56. The van der Waals surface area contributed by atoms with Crippen molar-refractivity contribution in [3.63, 3.8) is 0 Å². The predicted molar refractivity (Wildman–Crippen MR) is 60.0 cm³/mol. The van der Waals surface area contributed by atoms with E-state index in [0.29, 0.717) is 17.9 Å². The molecule has 0 radical (unpaired) electrons. The predicted octanol–water partition coefficient (Wildman–Crippen LogP) is 2.53. The smallest absolute Gasteiger partial charge is 0.248 e. The lowest BCUT2D eigenvalue weighted by Gasteiger charge is -2.20. The van der Waals surface area contributed by atoms with Crippen molar-refractivity contribution in [2.24, 2.45) is 11.7 Å². The molecule has 0 bridgehead atoms. The molecule has 1 aromatic rings. The van der Waals surface area contributed by atoms with E-state index in [0.717, 1.165) is 0 Å². The van der Waals surface area contributed by atoms with Gasteiger partial charge >= 0.3 is 0 Å². The van der Waals surface area contributed by atoms with Crippen molar-refractivity contribution in [3.05, 3.63) is 24.0 Å². The van der Waals surface area contributed by atoms with Gasteiger partial charge in [-0.2, -0.15) is 0 Å². The number of pyridine rings is 1. The van der Waals surface area contributed by atoms with Crippen LogP contribution in [-0.2, 0) is 0 Å². The van der Waals surface area contributed by atoms with Gasteiger partial charge in [0.1, 0.15) is 5.75 Å². The van der Waals surface area contributed by atoms with Gasteiger partial charge in [-0.15, -0.1) is 0 Å². The number of nitrogens with zero attached hydrogens (tertiary/aromatic N) is 1. The van der Waals surface area contributed by atoms with Crippen LogP contribution in [0.15, 0.2) is 18.3 Å². The maximum atomic E-state index is 13.1. The van der Waals surface area contributed by atoms with Crippen LogP contribution >= 0.6 is 0 Å². The third kappa shape index (κ3) is 2.54. The van der Waals surface area contributed by atoms with Crippen molar-refractivity contribution >= 4 is 0 Å². The highest BCUT2D eigenvalue weighted by Gasteiger charge is 2.42. The fourth-order valence-corrected chi connectivity index (χ4v) is 2.34. The number of methoxy groups -OCH3 is 1. The van der Waals surface area contributed by atoms with E-state index < -0.39 is 12.0 Å². The maximum Gasteiger partial charge on any atom is 0.248 e. The Balaban J connectivity index is 2.17. The Labute approximate surface area is 99.0 Å². The quantitative estimate of drug-likeness (QED) is 0.886. The van der Waals surface area contributed by atoms with Gasteiger partial charge in [-0.05, 0) is 24.5 Å². The summed E-state index contributed by atoms with van der Waals surface area (Å²) in [5.74, 6) is -2.24. The van der Waals surface area contributed by atoms with Gasteiger partial charge in [-0.1, -0.05) is 0 Å². The summed E-state index contributed by atoms with van der Waals surface area (Å²) in [6, 6.07) is 2.99. The lowest BCUT2D eigenvalue weighted by molar-refractivity contribution is 0.00381. The van der Waals surface area contributed by atoms with Crippen molar-refractivity contribution in [1.29, 1.82) is 0 Å². The van der Waals surface area contributed by atoms with Crippen LogP contribution in [0.2, 0.25) is 0 Å². The zero-order valence-electron chi connectivity index (χ0n) is 9.70. The van der Waals surface area contributed by atoms with Crippen LogP contribution in [0, 0.1) is 5.92 Å². The Hall–Kier alpha value is -1.23. The molecule has 3 nitrogen and oxygen atoms in total. The van der Waals surface area contributed by atoms with Gasteiger partial charge in [0.2, 0.25) is 5.92 Å². The number of ether oxygens (including phenoxy) is 1. The molecule has 0 aliphatic heterocycles. The second-order valence-corrected chi connectivity index (χ2v) is 4.48. The molecule has 2 rings (SSSR count). The molecule has 2 N–H and O–H groups in total. The first-order valence-electron chi connectivity index (χ1n) is 5.66. The van der Waals surface area contributed by atoms with Crippen molar-refractivity contribution in [2.45, 2.75) is 31.2 Å². The molecule has 5 heteroatoms. The van der Waals surface area contributed by atoms with Crippen LogP contribution in [0.3, 0.4) is 0 Å². The number of rotatable bonds is 3. The molecule has 1 saturated carbocycles. The van der Waals surface area contributed by atoms with Gasteiger partial charge in [0.15, 0.2) is 0 Å². The van der Waals surface area contributed by atoms with E-state index in [-0.39, 0.29) is 18.8 Å². The van der Waals surface area contributed by atoms with Crippen LogP contribution in [0.5, 0.6) is 5.75 Å². The van der Waals surface area contributed by atoms with Gasteiger partial charge in [0, 0.05) is 19.0 Å². The Morgan fingerprint density at radius 3 is 2.94 bits per heavy atom. The molecule has 94 valence electrons. The molecule has 1 fully saturated rings. The van der Waals surface area contributed by atoms with Crippen molar-refractivity contribution < 1.29 is 13.5 Å². The number of hydrogen-bond acceptors (Lipinski definition) is 3. The van der Waals surface area contributed by atoms with E-state index in [1.807, 2.05) is 0 Å². The van der Waals surface area contributed by atoms with E-state index in [9.17, 15) is 8.78 Å². The van der Waals surface area contributed by atoms with Gasteiger partial charge in [-0.3, -0.25) is 4.98 Å². The normalized spacial score (nSPS) is 24.6. The number of aromatic nitrogens is 1. The van der Waals surface area contributed by atoms with Crippen LogP contribution in [0.1, 0.15) is 31.0 Å². The fraction of sp³-hybridized carbons (Fsp3) is 0.583. The standard InChI is InChI=1S/C12H16F2N2O/c1-17-9-3-2-6-16-11(9)10(15)8-4-5-12(13,14)7-8/h2-3,6,8,10H,4-5,7,15H2,1H3. The first-order valence-corrected chi connectivity index (χ1v) is 5.66. The summed E-state index contributed by atoms with van der Waals surface area (Å²) in [7, 11) is 1.52. The third-order valence-corrected chi connectivity index (χ3v) is 3.28. The molecule has 2 atom stereocenters. The zero-order valence-corrected chi connectivity index (χ0v) is 9.70. The van der Waals surface area contributed by atoms with Crippen molar-refractivity contribution in [3.8, 4) is 5.75 Å². The molecule has 0 amide bonds. The zero-order chi connectivity index (χ0) is 12.5. The monoisotopic (exact) mass is 242 g/mol.